The van der Waals surface area contributed by atoms with Gasteiger partial charge in [-0.15, -0.1) is 0 Å². The van der Waals surface area contributed by atoms with Crippen molar-refractivity contribution in [3.05, 3.63) is 99.6 Å². The molecule has 0 unspecified atom stereocenters. The molecule has 33 heavy (non-hydrogen) atoms. The van der Waals surface area contributed by atoms with Crippen LogP contribution in [0.25, 0.3) is 6.08 Å². The molecule has 3 aromatic carbocycles. The van der Waals surface area contributed by atoms with Crippen LogP contribution < -0.4 is 10.1 Å². The van der Waals surface area contributed by atoms with Gasteiger partial charge in [0.05, 0.1) is 12.1 Å². The van der Waals surface area contributed by atoms with E-state index in [0.29, 0.717) is 17.9 Å². The molecule has 0 aliphatic rings. The summed E-state index contributed by atoms with van der Waals surface area (Å²) >= 11 is 10.1. The molecule has 3 aromatic rings. The first-order valence-corrected chi connectivity index (χ1v) is 11.8. The van der Waals surface area contributed by atoms with Crippen molar-refractivity contribution in [1.29, 1.82) is 5.26 Å². The van der Waals surface area contributed by atoms with E-state index in [9.17, 15) is 20.2 Å². The van der Waals surface area contributed by atoms with Crippen LogP contribution in [0.3, 0.4) is 0 Å². The number of hydrogen-bond donors (Lipinski definition) is 1. The predicted molar refractivity (Wildman–Crippen MR) is 143 cm³/mol. The molecule has 0 bridgehead atoms. The van der Waals surface area contributed by atoms with Crippen LogP contribution in [0.1, 0.15) is 11.1 Å². The summed E-state index contributed by atoms with van der Waals surface area (Å²) in [6.07, 6.45) is 1.45. The van der Waals surface area contributed by atoms with Crippen LogP contribution in [-0.4, -0.2) is 10.8 Å². The van der Waals surface area contributed by atoms with Gasteiger partial charge in [-0.1, -0.05) is 41.9 Å². The number of nitrogens with one attached hydrogen (secondary N) is 1. The van der Waals surface area contributed by atoms with Crippen LogP contribution in [0.4, 0.5) is 11.4 Å². The molecule has 0 fully saturated rings. The van der Waals surface area contributed by atoms with E-state index in [-0.39, 0.29) is 22.0 Å². The van der Waals surface area contributed by atoms with Gasteiger partial charge >= 0.3 is 0 Å². The number of nitro benzene ring substituents is 1. The second-order valence-corrected chi connectivity index (χ2v) is 9.37. The lowest BCUT2D eigenvalue weighted by molar-refractivity contribution is -0.384. The topological polar surface area (TPSA) is 105 Å². The maximum Gasteiger partial charge on any atom is 0.289 e. The second kappa shape index (κ2) is 11.4. The lowest BCUT2D eigenvalue weighted by atomic mass is 10.1. The monoisotopic (exact) mass is 685 g/mol. The smallest absolute Gasteiger partial charge is 0.289 e. The summed E-state index contributed by atoms with van der Waals surface area (Å²) in [4.78, 5) is 23.0. The fraction of sp³-hybridized carbons (Fsp3) is 0.0435. The van der Waals surface area contributed by atoms with Gasteiger partial charge in [0.2, 0.25) is 0 Å². The Labute approximate surface area is 221 Å². The Bertz CT molecular complexity index is 1270. The average Bonchev–Trinajstić information content (AvgIpc) is 2.78. The molecule has 1 amide bonds. The van der Waals surface area contributed by atoms with E-state index < -0.39 is 10.8 Å². The van der Waals surface area contributed by atoms with Gasteiger partial charge in [0.1, 0.15) is 29.0 Å². The highest BCUT2D eigenvalue weighted by Gasteiger charge is 2.16. The van der Waals surface area contributed by atoms with Crippen molar-refractivity contribution in [2.75, 3.05) is 5.32 Å². The number of nitriles is 1. The summed E-state index contributed by atoms with van der Waals surface area (Å²) in [6, 6.07) is 19.1. The van der Waals surface area contributed by atoms with Gasteiger partial charge in [0.25, 0.3) is 11.6 Å². The molecule has 0 aliphatic heterocycles. The maximum atomic E-state index is 12.6. The van der Waals surface area contributed by atoms with Gasteiger partial charge in [-0.2, -0.15) is 5.26 Å². The van der Waals surface area contributed by atoms with Crippen molar-refractivity contribution in [3.8, 4) is 11.8 Å². The number of ether oxygens (including phenoxy) is 1. The Hall–Kier alpha value is -2.69. The van der Waals surface area contributed by atoms with Gasteiger partial charge < -0.3 is 10.1 Å². The van der Waals surface area contributed by atoms with Crippen molar-refractivity contribution in [2.45, 2.75) is 6.61 Å². The summed E-state index contributed by atoms with van der Waals surface area (Å²) in [5.74, 6) is 0.0252. The van der Waals surface area contributed by atoms with E-state index in [0.717, 1.165) is 18.8 Å². The van der Waals surface area contributed by atoms with Gasteiger partial charge in [-0.05, 0) is 86.7 Å². The number of amides is 1. The zero-order valence-corrected chi connectivity index (χ0v) is 21.8. The predicted octanol–water partition coefficient (Wildman–Crippen LogP) is 6.58. The number of halogens is 3. The maximum absolute atomic E-state index is 12.6. The molecular formula is C23H14ClI2N3O4. The average molecular weight is 686 g/mol. The fourth-order valence-corrected chi connectivity index (χ4v) is 5.09. The highest BCUT2D eigenvalue weighted by Crippen LogP contribution is 2.31. The van der Waals surface area contributed by atoms with Crippen molar-refractivity contribution in [1.82, 2.24) is 0 Å². The SMILES string of the molecule is N#C/C(=C\c1cc(I)c(OCc2ccccc2)c(I)c1)C(=O)Nc1ccc(Cl)c([N+](=O)[O-])c1. The third-order valence-corrected chi connectivity index (χ3v) is 6.25. The Morgan fingerprint density at radius 2 is 1.82 bits per heavy atom. The number of nitro groups is 1. The Morgan fingerprint density at radius 1 is 1.15 bits per heavy atom. The minimum atomic E-state index is -0.691. The van der Waals surface area contributed by atoms with E-state index in [4.69, 9.17) is 16.3 Å². The summed E-state index contributed by atoms with van der Waals surface area (Å²) < 4.78 is 7.61. The van der Waals surface area contributed by atoms with Gasteiger partial charge in [-0.3, -0.25) is 14.9 Å². The molecule has 0 spiro atoms. The lowest BCUT2D eigenvalue weighted by Crippen LogP contribution is -2.13. The molecule has 3 rings (SSSR count). The summed E-state index contributed by atoms with van der Waals surface area (Å²) in [7, 11) is 0. The van der Waals surface area contributed by atoms with Crippen molar-refractivity contribution >= 4 is 80.1 Å². The zero-order valence-electron chi connectivity index (χ0n) is 16.7. The Balaban J connectivity index is 1.79. The highest BCUT2D eigenvalue weighted by atomic mass is 127. The highest BCUT2D eigenvalue weighted by molar-refractivity contribution is 14.1. The first-order valence-electron chi connectivity index (χ1n) is 9.31. The third kappa shape index (κ3) is 6.66. The van der Waals surface area contributed by atoms with Gasteiger partial charge in [0, 0.05) is 11.8 Å². The van der Waals surface area contributed by atoms with Crippen LogP contribution in [0, 0.1) is 28.6 Å². The van der Waals surface area contributed by atoms with Crippen LogP contribution in [0.5, 0.6) is 5.75 Å². The quantitative estimate of drug-likeness (QED) is 0.0995. The van der Waals surface area contributed by atoms with Crippen molar-refractivity contribution in [3.63, 3.8) is 0 Å². The standard InChI is InChI=1S/C23H14ClI2N3O4/c24-18-7-6-17(11-21(18)29(31)32)28-23(30)16(12-27)8-15-9-19(25)22(20(26)10-15)33-13-14-4-2-1-3-5-14/h1-11H,13H2,(H,28,30)/b16-8+. The van der Waals surface area contributed by atoms with Crippen molar-refractivity contribution in [2.24, 2.45) is 0 Å². The molecule has 7 nitrogen and oxygen atoms in total. The van der Waals surface area contributed by atoms with Crippen LogP contribution in [-0.2, 0) is 11.4 Å². The molecule has 0 aromatic heterocycles. The lowest BCUT2D eigenvalue weighted by Gasteiger charge is -2.12. The normalized spacial score (nSPS) is 10.9. The van der Waals surface area contributed by atoms with E-state index >= 15 is 0 Å². The fourth-order valence-electron chi connectivity index (χ4n) is 2.77. The molecule has 0 radical (unpaired) electrons. The number of carbonyl (C=O) groups excluding carboxylic acids is 1. The molecule has 0 heterocycles. The van der Waals surface area contributed by atoms with Crippen LogP contribution in [0.15, 0.2) is 66.2 Å². The minimum Gasteiger partial charge on any atom is -0.487 e. The van der Waals surface area contributed by atoms with Crippen LogP contribution >= 0.6 is 56.8 Å². The van der Waals surface area contributed by atoms with Gasteiger partial charge in [0.15, 0.2) is 0 Å². The molecular weight excluding hydrogens is 672 g/mol. The number of hydrogen-bond acceptors (Lipinski definition) is 5. The summed E-state index contributed by atoms with van der Waals surface area (Å²) in [6.45, 7) is 0.418. The first kappa shape index (κ1) is 24.9. The molecule has 10 heteroatoms. The number of benzene rings is 3. The zero-order chi connectivity index (χ0) is 24.0. The van der Waals surface area contributed by atoms with E-state index in [2.05, 4.69) is 50.5 Å². The molecule has 1 N–H and O–H groups in total. The number of anilines is 1. The van der Waals surface area contributed by atoms with E-state index in [1.54, 1.807) is 12.1 Å². The number of carbonyl (C=O) groups is 1. The van der Waals surface area contributed by atoms with E-state index in [1.165, 1.54) is 18.2 Å². The molecule has 0 saturated carbocycles. The number of rotatable bonds is 7. The Morgan fingerprint density at radius 3 is 2.42 bits per heavy atom. The minimum absolute atomic E-state index is 0.0484. The number of nitrogens with zero attached hydrogens (tertiary/aromatic N) is 2. The summed E-state index contributed by atoms with van der Waals surface area (Å²) in [5.41, 5.74) is 1.35. The van der Waals surface area contributed by atoms with Gasteiger partial charge in [-0.25, -0.2) is 0 Å². The Kier molecular flexibility index (Phi) is 8.65. The molecule has 0 saturated heterocycles. The van der Waals surface area contributed by atoms with Crippen LogP contribution in [0.2, 0.25) is 5.02 Å². The van der Waals surface area contributed by atoms with Crippen molar-refractivity contribution < 1.29 is 14.5 Å². The largest absolute Gasteiger partial charge is 0.487 e. The second-order valence-electron chi connectivity index (χ2n) is 6.64. The first-order chi connectivity index (χ1) is 15.8. The summed E-state index contributed by atoms with van der Waals surface area (Å²) in [5, 5.41) is 23.0. The molecule has 0 atom stereocenters. The molecule has 166 valence electrons. The third-order valence-electron chi connectivity index (χ3n) is 4.32. The molecule has 0 aliphatic carbocycles. The van der Waals surface area contributed by atoms with E-state index in [1.807, 2.05) is 36.4 Å².